The number of pyridine rings is 1. The number of para-hydroxylation sites is 1. The maximum absolute atomic E-state index is 12.2. The number of urea groups is 1. The molecule has 0 aliphatic rings. The second-order valence-corrected chi connectivity index (χ2v) is 6.76. The number of fused-ring (bicyclic) bond motifs is 1. The Kier molecular flexibility index (Phi) is 5.07. The number of nitrogens with zero attached hydrogens (tertiary/aromatic N) is 1. The summed E-state index contributed by atoms with van der Waals surface area (Å²) in [5.74, 6) is -0.518. The monoisotopic (exact) mass is 389 g/mol. The minimum absolute atomic E-state index is 0.0819. The van der Waals surface area contributed by atoms with Crippen LogP contribution in [0.2, 0.25) is 0 Å². The van der Waals surface area contributed by atoms with Gasteiger partial charge in [-0.25, -0.2) is 4.79 Å². The number of aromatic nitrogens is 1. The van der Waals surface area contributed by atoms with Crippen molar-refractivity contribution in [3.8, 4) is 11.3 Å². The predicted molar refractivity (Wildman–Crippen MR) is 108 cm³/mol. The van der Waals surface area contributed by atoms with E-state index in [1.165, 1.54) is 0 Å². The summed E-state index contributed by atoms with van der Waals surface area (Å²) in [6.07, 6.45) is 1.73. The molecule has 4 rings (SSSR count). The van der Waals surface area contributed by atoms with Crippen molar-refractivity contribution < 1.29 is 14.0 Å². The molecular formula is C21H15N3O3S. The van der Waals surface area contributed by atoms with Crippen LogP contribution in [0.5, 0.6) is 0 Å². The summed E-state index contributed by atoms with van der Waals surface area (Å²) in [6, 6.07) is 21.5. The summed E-state index contributed by atoms with van der Waals surface area (Å²) in [6.45, 7) is 0. The third-order valence-electron chi connectivity index (χ3n) is 3.93. The van der Waals surface area contributed by atoms with Crippen molar-refractivity contribution in [3.05, 3.63) is 84.8 Å². The van der Waals surface area contributed by atoms with E-state index in [0.717, 1.165) is 33.5 Å². The summed E-state index contributed by atoms with van der Waals surface area (Å²) in [7, 11) is 0. The fourth-order valence-electron chi connectivity index (χ4n) is 2.64. The number of imide groups is 1. The molecule has 0 radical (unpaired) electrons. The molecule has 0 unspecified atom stereocenters. The zero-order valence-corrected chi connectivity index (χ0v) is 15.4. The molecule has 2 N–H and O–H groups in total. The molecule has 0 bridgehead atoms. The third-order valence-corrected chi connectivity index (χ3v) is 4.71. The molecule has 0 aliphatic carbocycles. The maximum atomic E-state index is 12.2. The lowest BCUT2D eigenvalue weighted by molar-refractivity contribution is 0.0940. The van der Waals surface area contributed by atoms with Crippen molar-refractivity contribution in [2.45, 2.75) is 4.90 Å². The van der Waals surface area contributed by atoms with Gasteiger partial charge in [-0.15, -0.1) is 0 Å². The molecule has 0 saturated heterocycles. The summed E-state index contributed by atoms with van der Waals surface area (Å²) >= 11 is 1.11. The highest BCUT2D eigenvalue weighted by atomic mass is 32.2. The quantitative estimate of drug-likeness (QED) is 0.497. The van der Waals surface area contributed by atoms with Crippen molar-refractivity contribution >= 4 is 34.9 Å². The van der Waals surface area contributed by atoms with Crippen LogP contribution in [-0.2, 0) is 0 Å². The molecule has 4 aromatic rings. The van der Waals surface area contributed by atoms with Crippen molar-refractivity contribution in [2.24, 2.45) is 0 Å². The van der Waals surface area contributed by atoms with E-state index >= 15 is 0 Å². The van der Waals surface area contributed by atoms with Gasteiger partial charge in [0.2, 0.25) is 0 Å². The summed E-state index contributed by atoms with van der Waals surface area (Å²) in [4.78, 5) is 29.4. The number of hydrogen-bond acceptors (Lipinski definition) is 5. The lowest BCUT2D eigenvalue weighted by Crippen LogP contribution is -2.36. The number of rotatable bonds is 4. The predicted octanol–water partition coefficient (Wildman–Crippen LogP) is 4.64. The second kappa shape index (κ2) is 7.98. The molecule has 0 fully saturated rings. The van der Waals surface area contributed by atoms with E-state index in [-0.39, 0.29) is 5.76 Å². The van der Waals surface area contributed by atoms with Gasteiger partial charge in [0, 0.05) is 22.0 Å². The van der Waals surface area contributed by atoms with Gasteiger partial charge in [0.25, 0.3) is 5.91 Å². The largest absolute Gasteiger partial charge is 0.451 e. The highest BCUT2D eigenvalue weighted by Crippen LogP contribution is 2.23. The van der Waals surface area contributed by atoms with Crippen LogP contribution in [0.15, 0.2) is 88.3 Å². The number of hydrogen-bond donors (Lipinski definition) is 2. The fraction of sp³-hybridized carbons (Fsp3) is 0. The van der Waals surface area contributed by atoms with Crippen LogP contribution >= 0.6 is 11.9 Å². The molecule has 0 atom stereocenters. The molecule has 6 nitrogen and oxygen atoms in total. The summed E-state index contributed by atoms with van der Waals surface area (Å²) in [5.41, 5.74) is 2.37. The van der Waals surface area contributed by atoms with E-state index in [1.807, 2.05) is 60.7 Å². The SMILES string of the molecule is O=C(NSc1cccc(-c2ccccn2)c1)NC(=O)c1cc2ccccc2o1. The van der Waals surface area contributed by atoms with Crippen molar-refractivity contribution in [2.75, 3.05) is 0 Å². The first-order valence-corrected chi connectivity index (χ1v) is 9.29. The molecule has 0 saturated carbocycles. The van der Waals surface area contributed by atoms with E-state index in [1.54, 1.807) is 18.3 Å². The van der Waals surface area contributed by atoms with Crippen molar-refractivity contribution in [3.63, 3.8) is 0 Å². The first kappa shape index (κ1) is 17.8. The second-order valence-electron chi connectivity index (χ2n) is 5.88. The van der Waals surface area contributed by atoms with Crippen LogP contribution < -0.4 is 10.0 Å². The Morgan fingerprint density at radius 1 is 0.929 bits per heavy atom. The van der Waals surface area contributed by atoms with Crippen molar-refractivity contribution in [1.82, 2.24) is 15.0 Å². The average molecular weight is 389 g/mol. The summed E-state index contributed by atoms with van der Waals surface area (Å²) in [5, 5.41) is 3.06. The Balaban J connectivity index is 1.37. The lowest BCUT2D eigenvalue weighted by Gasteiger charge is -2.06. The minimum atomic E-state index is -0.626. The molecule has 2 aromatic carbocycles. The smallest absolute Gasteiger partial charge is 0.332 e. The number of benzene rings is 2. The molecule has 0 spiro atoms. The number of furan rings is 1. The Hall–Kier alpha value is -3.58. The number of amides is 3. The van der Waals surface area contributed by atoms with Gasteiger partial charge >= 0.3 is 6.03 Å². The molecule has 7 heteroatoms. The van der Waals surface area contributed by atoms with Gasteiger partial charge < -0.3 is 4.42 Å². The number of carbonyl (C=O) groups is 2. The Morgan fingerprint density at radius 2 is 1.79 bits per heavy atom. The molecular weight excluding hydrogens is 374 g/mol. The first-order chi connectivity index (χ1) is 13.7. The molecule has 28 heavy (non-hydrogen) atoms. The zero-order valence-electron chi connectivity index (χ0n) is 14.6. The maximum Gasteiger partial charge on any atom is 0.332 e. The molecule has 138 valence electrons. The van der Waals surface area contributed by atoms with Crippen LogP contribution in [0, 0.1) is 0 Å². The van der Waals surface area contributed by atoms with E-state index in [0.29, 0.717) is 5.58 Å². The highest BCUT2D eigenvalue weighted by molar-refractivity contribution is 7.98. The average Bonchev–Trinajstić information content (AvgIpc) is 3.18. The normalized spacial score (nSPS) is 10.6. The fourth-order valence-corrected chi connectivity index (χ4v) is 3.24. The van der Waals surface area contributed by atoms with Crippen LogP contribution in [0.3, 0.4) is 0 Å². The van der Waals surface area contributed by atoms with E-state index in [9.17, 15) is 9.59 Å². The van der Waals surface area contributed by atoms with E-state index in [2.05, 4.69) is 15.0 Å². The van der Waals surface area contributed by atoms with Gasteiger partial charge in [-0.3, -0.25) is 19.8 Å². The van der Waals surface area contributed by atoms with Gasteiger partial charge in [0.15, 0.2) is 5.76 Å². The van der Waals surface area contributed by atoms with E-state index < -0.39 is 11.9 Å². The third kappa shape index (κ3) is 4.05. The lowest BCUT2D eigenvalue weighted by atomic mass is 10.1. The van der Waals surface area contributed by atoms with Gasteiger partial charge in [0.05, 0.1) is 5.69 Å². The summed E-state index contributed by atoms with van der Waals surface area (Å²) < 4.78 is 8.05. The first-order valence-electron chi connectivity index (χ1n) is 8.47. The Morgan fingerprint density at radius 3 is 2.61 bits per heavy atom. The van der Waals surface area contributed by atoms with E-state index in [4.69, 9.17) is 4.42 Å². The number of nitrogens with one attached hydrogen (secondary N) is 2. The van der Waals surface area contributed by atoms with Gasteiger partial charge in [-0.1, -0.05) is 36.4 Å². The molecule has 2 aromatic heterocycles. The molecule has 2 heterocycles. The van der Waals surface area contributed by atoms with Gasteiger partial charge in [-0.2, -0.15) is 0 Å². The standard InChI is InChI=1S/C21H15N3O3S/c25-20(19-13-15-6-1-2-10-18(15)27-19)23-21(26)24-28-16-8-5-7-14(12-16)17-9-3-4-11-22-17/h1-13H,(H2,23,24,25,26). The topological polar surface area (TPSA) is 84.2 Å². The highest BCUT2D eigenvalue weighted by Gasteiger charge is 2.15. The van der Waals surface area contributed by atoms with Crippen LogP contribution in [-0.4, -0.2) is 16.9 Å². The van der Waals surface area contributed by atoms with Crippen LogP contribution in [0.4, 0.5) is 4.79 Å². The van der Waals surface area contributed by atoms with Crippen LogP contribution in [0.1, 0.15) is 10.6 Å². The van der Waals surface area contributed by atoms with Gasteiger partial charge in [-0.05, 0) is 48.3 Å². The molecule has 0 aliphatic heterocycles. The van der Waals surface area contributed by atoms with Crippen LogP contribution in [0.25, 0.3) is 22.2 Å². The van der Waals surface area contributed by atoms with Gasteiger partial charge in [0.1, 0.15) is 5.58 Å². The Bertz CT molecular complexity index is 1110. The van der Waals surface area contributed by atoms with Crippen molar-refractivity contribution in [1.29, 1.82) is 0 Å². The minimum Gasteiger partial charge on any atom is -0.451 e. The number of carbonyl (C=O) groups excluding carboxylic acids is 2. The molecule has 3 amide bonds. The zero-order chi connectivity index (χ0) is 19.3. The Labute approximate surface area is 165 Å².